The summed E-state index contributed by atoms with van der Waals surface area (Å²) >= 11 is 0. The van der Waals surface area contributed by atoms with Crippen LogP contribution in [0.1, 0.15) is 5.69 Å². The van der Waals surface area contributed by atoms with Gasteiger partial charge < -0.3 is 15.1 Å². The zero-order valence-corrected chi connectivity index (χ0v) is 9.64. The molecule has 2 N–H and O–H groups in total. The number of nitrogens with two attached hydrogens (primary N) is 1. The van der Waals surface area contributed by atoms with E-state index in [1.165, 1.54) is 0 Å². The van der Waals surface area contributed by atoms with Gasteiger partial charge in [0.1, 0.15) is 6.07 Å². The lowest BCUT2D eigenvalue weighted by Gasteiger charge is -2.11. The van der Waals surface area contributed by atoms with Crippen molar-refractivity contribution < 1.29 is 4.42 Å². The number of nitrogens with zero attached hydrogens (tertiary/aromatic N) is 3. The molecule has 0 amide bonds. The highest BCUT2D eigenvalue weighted by Gasteiger charge is 2.11. The molecule has 17 heavy (non-hydrogen) atoms. The Bertz CT molecular complexity index is 563. The van der Waals surface area contributed by atoms with Gasteiger partial charge in [0.15, 0.2) is 0 Å². The first-order valence-electron chi connectivity index (χ1n) is 5.06. The quantitative estimate of drug-likeness (QED) is 0.848. The second kappa shape index (κ2) is 4.18. The fraction of sp³-hybridized carbons (Fsp3) is 0.167. The van der Waals surface area contributed by atoms with Gasteiger partial charge >= 0.3 is 0 Å². The maximum Gasteiger partial charge on any atom is 0.230 e. The van der Waals surface area contributed by atoms with E-state index in [1.54, 1.807) is 0 Å². The van der Waals surface area contributed by atoms with Gasteiger partial charge in [0.05, 0.1) is 0 Å². The van der Waals surface area contributed by atoms with Crippen LogP contribution in [0.25, 0.3) is 11.5 Å². The highest BCUT2D eigenvalue weighted by molar-refractivity contribution is 5.61. The lowest BCUT2D eigenvalue weighted by Crippen LogP contribution is -2.07. The van der Waals surface area contributed by atoms with Gasteiger partial charge in [-0.25, -0.2) is 0 Å². The van der Waals surface area contributed by atoms with Crippen LogP contribution >= 0.6 is 0 Å². The Kier molecular flexibility index (Phi) is 2.71. The van der Waals surface area contributed by atoms with Gasteiger partial charge in [0.25, 0.3) is 0 Å². The van der Waals surface area contributed by atoms with Crippen LogP contribution in [0.3, 0.4) is 0 Å². The van der Waals surface area contributed by atoms with E-state index in [1.807, 2.05) is 49.3 Å². The molecular weight excluding hydrogens is 216 g/mol. The largest absolute Gasteiger partial charge is 0.419 e. The maximum absolute atomic E-state index is 8.74. The smallest absolute Gasteiger partial charge is 0.230 e. The van der Waals surface area contributed by atoms with Crippen molar-refractivity contribution in [2.24, 2.45) is 0 Å². The van der Waals surface area contributed by atoms with Crippen molar-refractivity contribution in [2.45, 2.75) is 0 Å². The van der Waals surface area contributed by atoms with E-state index in [9.17, 15) is 0 Å². The number of benzene rings is 1. The molecule has 0 spiro atoms. The zero-order chi connectivity index (χ0) is 12.4. The average Bonchev–Trinajstić information content (AvgIpc) is 2.70. The molecule has 0 fully saturated rings. The van der Waals surface area contributed by atoms with E-state index in [0.29, 0.717) is 5.89 Å². The Morgan fingerprint density at radius 3 is 2.41 bits per heavy atom. The monoisotopic (exact) mass is 228 g/mol. The lowest BCUT2D eigenvalue weighted by molar-refractivity contribution is 0.593. The molecule has 0 atom stereocenters. The SMILES string of the molecule is CN(C)c1ccc(-c2nc(C#N)c(N)o2)cc1. The van der Waals surface area contributed by atoms with Crippen LogP contribution in [-0.2, 0) is 0 Å². The lowest BCUT2D eigenvalue weighted by atomic mass is 10.2. The summed E-state index contributed by atoms with van der Waals surface area (Å²) in [5, 5.41) is 8.74. The van der Waals surface area contributed by atoms with Gasteiger partial charge in [-0.05, 0) is 24.3 Å². The number of nitrogen functional groups attached to an aromatic ring is 1. The summed E-state index contributed by atoms with van der Waals surface area (Å²) in [5.74, 6) is 0.420. The molecule has 0 aliphatic rings. The number of hydrogen-bond acceptors (Lipinski definition) is 5. The third-order valence-electron chi connectivity index (χ3n) is 2.39. The summed E-state index contributed by atoms with van der Waals surface area (Å²) in [4.78, 5) is 6.00. The number of nitriles is 1. The minimum absolute atomic E-state index is 0.0548. The molecule has 1 aromatic heterocycles. The molecular formula is C12H12N4O. The standard InChI is InChI=1S/C12H12N4O/c1-16(2)9-5-3-8(4-6-9)12-15-10(7-13)11(14)17-12/h3-6H,14H2,1-2H3. The van der Waals surface area contributed by atoms with Gasteiger partial charge in [0, 0.05) is 25.3 Å². The van der Waals surface area contributed by atoms with Crippen LogP contribution < -0.4 is 10.6 Å². The highest BCUT2D eigenvalue weighted by Crippen LogP contribution is 2.24. The van der Waals surface area contributed by atoms with Crippen molar-refractivity contribution in [1.82, 2.24) is 4.98 Å². The van der Waals surface area contributed by atoms with Crippen molar-refractivity contribution in [1.29, 1.82) is 5.26 Å². The van der Waals surface area contributed by atoms with Crippen LogP contribution in [0, 0.1) is 11.3 Å². The van der Waals surface area contributed by atoms with Crippen molar-refractivity contribution in [3.8, 4) is 17.5 Å². The van der Waals surface area contributed by atoms with Crippen LogP contribution in [0.4, 0.5) is 11.6 Å². The topological polar surface area (TPSA) is 79.1 Å². The Morgan fingerprint density at radius 1 is 1.29 bits per heavy atom. The molecule has 86 valence electrons. The van der Waals surface area contributed by atoms with E-state index < -0.39 is 0 Å². The summed E-state index contributed by atoms with van der Waals surface area (Å²) in [6.45, 7) is 0. The predicted molar refractivity (Wildman–Crippen MR) is 65.4 cm³/mol. The van der Waals surface area contributed by atoms with Gasteiger partial charge in [0.2, 0.25) is 17.5 Å². The summed E-state index contributed by atoms with van der Waals surface area (Å²) < 4.78 is 5.22. The molecule has 2 rings (SSSR count). The van der Waals surface area contributed by atoms with Crippen LogP contribution in [0.15, 0.2) is 28.7 Å². The van der Waals surface area contributed by atoms with Crippen molar-refractivity contribution >= 4 is 11.6 Å². The van der Waals surface area contributed by atoms with Crippen molar-refractivity contribution in [3.63, 3.8) is 0 Å². The highest BCUT2D eigenvalue weighted by atomic mass is 16.4. The van der Waals surface area contributed by atoms with E-state index in [0.717, 1.165) is 11.3 Å². The summed E-state index contributed by atoms with van der Waals surface area (Å²) in [5.41, 5.74) is 7.50. The normalized spacial score (nSPS) is 9.94. The number of aromatic nitrogens is 1. The van der Waals surface area contributed by atoms with Gasteiger partial charge in [-0.1, -0.05) is 0 Å². The van der Waals surface area contributed by atoms with E-state index >= 15 is 0 Å². The molecule has 0 aliphatic carbocycles. The van der Waals surface area contributed by atoms with Crippen LogP contribution in [0.2, 0.25) is 0 Å². The third-order valence-corrected chi connectivity index (χ3v) is 2.39. The molecule has 0 unspecified atom stereocenters. The summed E-state index contributed by atoms with van der Waals surface area (Å²) in [6, 6.07) is 9.52. The van der Waals surface area contributed by atoms with Crippen LogP contribution in [-0.4, -0.2) is 19.1 Å². The number of rotatable bonds is 2. The van der Waals surface area contributed by atoms with E-state index in [-0.39, 0.29) is 11.6 Å². The van der Waals surface area contributed by atoms with Gasteiger partial charge in [-0.15, -0.1) is 0 Å². The van der Waals surface area contributed by atoms with Gasteiger partial charge in [-0.2, -0.15) is 10.2 Å². The Morgan fingerprint density at radius 2 is 1.94 bits per heavy atom. The number of anilines is 2. The first-order chi connectivity index (χ1) is 8.11. The van der Waals surface area contributed by atoms with E-state index in [2.05, 4.69) is 4.98 Å². The zero-order valence-electron chi connectivity index (χ0n) is 9.64. The molecule has 1 heterocycles. The molecule has 0 aliphatic heterocycles. The molecule has 1 aromatic carbocycles. The second-order valence-corrected chi connectivity index (χ2v) is 3.78. The fourth-order valence-corrected chi connectivity index (χ4v) is 1.44. The second-order valence-electron chi connectivity index (χ2n) is 3.78. The van der Waals surface area contributed by atoms with E-state index in [4.69, 9.17) is 15.4 Å². The molecule has 5 nitrogen and oxygen atoms in total. The summed E-state index contributed by atoms with van der Waals surface area (Å²) in [7, 11) is 3.93. The molecule has 2 aromatic rings. The first kappa shape index (κ1) is 11.0. The third kappa shape index (κ3) is 2.06. The Hall–Kier alpha value is -2.48. The Balaban J connectivity index is 2.37. The van der Waals surface area contributed by atoms with Crippen LogP contribution in [0.5, 0.6) is 0 Å². The number of oxazole rings is 1. The minimum Gasteiger partial charge on any atom is -0.419 e. The fourth-order valence-electron chi connectivity index (χ4n) is 1.44. The molecule has 0 saturated heterocycles. The minimum atomic E-state index is 0.0548. The molecule has 5 heteroatoms. The average molecular weight is 228 g/mol. The van der Waals surface area contributed by atoms with Crippen molar-refractivity contribution in [3.05, 3.63) is 30.0 Å². The predicted octanol–water partition coefficient (Wildman–Crippen LogP) is 1.86. The molecule has 0 radical (unpaired) electrons. The maximum atomic E-state index is 8.74. The van der Waals surface area contributed by atoms with Gasteiger partial charge in [-0.3, -0.25) is 0 Å². The number of hydrogen-bond donors (Lipinski definition) is 1. The molecule has 0 bridgehead atoms. The molecule has 0 saturated carbocycles. The Labute approximate surface area is 99.1 Å². The summed E-state index contributed by atoms with van der Waals surface area (Å²) in [6.07, 6.45) is 0. The van der Waals surface area contributed by atoms with Crippen molar-refractivity contribution in [2.75, 3.05) is 24.7 Å². The first-order valence-corrected chi connectivity index (χ1v) is 5.06.